The fourth-order valence-corrected chi connectivity index (χ4v) is 5.39. The van der Waals surface area contributed by atoms with Gasteiger partial charge in [0.15, 0.2) is 4.34 Å². The van der Waals surface area contributed by atoms with Crippen molar-refractivity contribution in [2.45, 2.75) is 17.7 Å². The molecular formula is C27H30N4O2S2. The van der Waals surface area contributed by atoms with Crippen molar-refractivity contribution in [1.82, 2.24) is 14.8 Å². The molecule has 6 nitrogen and oxygen atoms in total. The van der Waals surface area contributed by atoms with E-state index in [2.05, 4.69) is 39.5 Å². The van der Waals surface area contributed by atoms with E-state index < -0.39 is 0 Å². The number of nitrogens with zero attached hydrogens (tertiary/aromatic N) is 3. The number of hydrogen-bond acceptors (Lipinski definition) is 6. The summed E-state index contributed by atoms with van der Waals surface area (Å²) in [6.45, 7) is 6.13. The molecule has 35 heavy (non-hydrogen) atoms. The van der Waals surface area contributed by atoms with Gasteiger partial charge >= 0.3 is 0 Å². The number of piperazine rings is 1. The lowest BCUT2D eigenvalue weighted by Gasteiger charge is -2.34. The Hall–Kier alpha value is -2.94. The Balaban J connectivity index is 1.16. The van der Waals surface area contributed by atoms with Crippen LogP contribution in [0.2, 0.25) is 0 Å². The molecule has 1 saturated heterocycles. The molecule has 2 amide bonds. The van der Waals surface area contributed by atoms with E-state index in [4.69, 9.17) is 0 Å². The average Bonchev–Trinajstić information content (AvgIpc) is 3.32. The van der Waals surface area contributed by atoms with Gasteiger partial charge in [0.2, 0.25) is 11.8 Å². The van der Waals surface area contributed by atoms with Gasteiger partial charge in [-0.05, 0) is 24.6 Å². The number of aryl methyl sites for hydroxylation is 1. The van der Waals surface area contributed by atoms with Crippen molar-refractivity contribution in [2.75, 3.05) is 43.8 Å². The Labute approximate surface area is 215 Å². The minimum absolute atomic E-state index is 0.0665. The standard InChI is InChI=1S/C27H30N4O2S2/c1-21-9-11-23(12-10-21)28-25(32)20-35-27-29-24(19-34-27)18-26(33)31-16-14-30(15-17-31)13-5-8-22-6-3-2-4-7-22/h2-12,19H,13-18,20H2,1H3,(H,28,32)/b8-5+. The fraction of sp³-hybridized carbons (Fsp3) is 0.296. The molecule has 2 aromatic carbocycles. The van der Waals surface area contributed by atoms with E-state index in [1.165, 1.54) is 28.7 Å². The number of benzene rings is 2. The molecule has 8 heteroatoms. The summed E-state index contributed by atoms with van der Waals surface area (Å²) >= 11 is 2.88. The number of anilines is 1. The Morgan fingerprint density at radius 1 is 1.06 bits per heavy atom. The molecule has 0 atom stereocenters. The molecule has 1 aromatic heterocycles. The lowest BCUT2D eigenvalue weighted by Crippen LogP contribution is -2.49. The van der Waals surface area contributed by atoms with Gasteiger partial charge in [-0.2, -0.15) is 0 Å². The van der Waals surface area contributed by atoms with Crippen LogP contribution in [0.15, 0.2) is 70.4 Å². The van der Waals surface area contributed by atoms with Crippen LogP contribution in [0.25, 0.3) is 6.08 Å². The van der Waals surface area contributed by atoms with Crippen LogP contribution >= 0.6 is 23.1 Å². The third kappa shape index (κ3) is 8.06. The molecule has 0 spiro atoms. The highest BCUT2D eigenvalue weighted by Crippen LogP contribution is 2.23. The predicted octanol–water partition coefficient (Wildman–Crippen LogP) is 4.58. The number of thioether (sulfide) groups is 1. The van der Waals surface area contributed by atoms with Crippen LogP contribution in [0.5, 0.6) is 0 Å². The average molecular weight is 507 g/mol. The third-order valence-corrected chi connectivity index (χ3v) is 7.79. The molecule has 0 saturated carbocycles. The zero-order chi connectivity index (χ0) is 24.5. The van der Waals surface area contributed by atoms with Crippen LogP contribution in [-0.4, -0.2) is 65.1 Å². The van der Waals surface area contributed by atoms with Crippen molar-refractivity contribution in [3.05, 3.63) is 82.9 Å². The topological polar surface area (TPSA) is 65.5 Å². The summed E-state index contributed by atoms with van der Waals surface area (Å²) in [6, 6.07) is 18.0. The number of rotatable bonds is 9. The van der Waals surface area contributed by atoms with Crippen molar-refractivity contribution in [2.24, 2.45) is 0 Å². The smallest absolute Gasteiger partial charge is 0.234 e. The molecular weight excluding hydrogens is 476 g/mol. The second-order valence-electron chi connectivity index (χ2n) is 8.48. The van der Waals surface area contributed by atoms with E-state index in [0.717, 1.165) is 54.0 Å². The molecule has 1 N–H and O–H groups in total. The molecule has 4 rings (SSSR count). The third-order valence-electron chi connectivity index (χ3n) is 5.72. The maximum atomic E-state index is 12.8. The minimum Gasteiger partial charge on any atom is -0.340 e. The minimum atomic E-state index is -0.0665. The van der Waals surface area contributed by atoms with Gasteiger partial charge in [0, 0.05) is 43.8 Å². The highest BCUT2D eigenvalue weighted by Gasteiger charge is 2.21. The van der Waals surface area contributed by atoms with Crippen LogP contribution in [0, 0.1) is 6.92 Å². The lowest BCUT2D eigenvalue weighted by atomic mass is 10.2. The Morgan fingerprint density at radius 2 is 1.80 bits per heavy atom. The van der Waals surface area contributed by atoms with Crippen molar-refractivity contribution < 1.29 is 9.59 Å². The first-order valence-corrected chi connectivity index (χ1v) is 13.6. The van der Waals surface area contributed by atoms with Gasteiger partial charge in [0.25, 0.3) is 0 Å². The van der Waals surface area contributed by atoms with Gasteiger partial charge in [0.1, 0.15) is 0 Å². The van der Waals surface area contributed by atoms with Gasteiger partial charge in [0.05, 0.1) is 17.9 Å². The monoisotopic (exact) mass is 506 g/mol. The predicted molar refractivity (Wildman–Crippen MR) is 145 cm³/mol. The summed E-state index contributed by atoms with van der Waals surface area (Å²) in [7, 11) is 0. The van der Waals surface area contributed by atoms with E-state index in [1.807, 2.05) is 59.7 Å². The molecule has 1 aliphatic rings. The van der Waals surface area contributed by atoms with Gasteiger partial charge in [-0.3, -0.25) is 14.5 Å². The van der Waals surface area contributed by atoms with Crippen LogP contribution in [-0.2, 0) is 16.0 Å². The number of carbonyl (C=O) groups excluding carboxylic acids is 2. The van der Waals surface area contributed by atoms with E-state index >= 15 is 0 Å². The molecule has 182 valence electrons. The number of hydrogen-bond donors (Lipinski definition) is 1. The van der Waals surface area contributed by atoms with Gasteiger partial charge in [-0.15, -0.1) is 11.3 Å². The highest BCUT2D eigenvalue weighted by molar-refractivity contribution is 8.01. The second kappa shape index (κ2) is 12.7. The number of aromatic nitrogens is 1. The maximum absolute atomic E-state index is 12.8. The molecule has 3 aromatic rings. The number of carbonyl (C=O) groups is 2. The number of nitrogens with one attached hydrogen (secondary N) is 1. The SMILES string of the molecule is Cc1ccc(NC(=O)CSc2nc(CC(=O)N3CCN(C/C=C/c4ccccc4)CC3)cs2)cc1. The van der Waals surface area contributed by atoms with Gasteiger partial charge in [-0.1, -0.05) is 71.9 Å². The molecule has 0 bridgehead atoms. The molecule has 1 fully saturated rings. The first kappa shape index (κ1) is 25.2. The molecule has 0 unspecified atom stereocenters. The number of amides is 2. The largest absolute Gasteiger partial charge is 0.340 e. The van der Waals surface area contributed by atoms with E-state index in [-0.39, 0.29) is 17.6 Å². The molecule has 1 aliphatic heterocycles. The molecule has 0 radical (unpaired) electrons. The van der Waals surface area contributed by atoms with Crippen molar-refractivity contribution in [3.8, 4) is 0 Å². The van der Waals surface area contributed by atoms with Crippen molar-refractivity contribution in [3.63, 3.8) is 0 Å². The maximum Gasteiger partial charge on any atom is 0.234 e. The van der Waals surface area contributed by atoms with Crippen LogP contribution in [0.3, 0.4) is 0 Å². The zero-order valence-electron chi connectivity index (χ0n) is 19.9. The summed E-state index contributed by atoms with van der Waals surface area (Å²) in [6.07, 6.45) is 4.63. The fourth-order valence-electron chi connectivity index (χ4n) is 3.75. The van der Waals surface area contributed by atoms with E-state index in [9.17, 15) is 9.59 Å². The van der Waals surface area contributed by atoms with Crippen LogP contribution in [0.4, 0.5) is 5.69 Å². The van der Waals surface area contributed by atoms with E-state index in [1.54, 1.807) is 0 Å². The summed E-state index contributed by atoms with van der Waals surface area (Å²) in [5.41, 5.74) is 3.92. The summed E-state index contributed by atoms with van der Waals surface area (Å²) < 4.78 is 0.807. The zero-order valence-corrected chi connectivity index (χ0v) is 21.5. The summed E-state index contributed by atoms with van der Waals surface area (Å²) in [5.74, 6) is 0.335. The Kier molecular flexibility index (Phi) is 9.11. The number of thiazole rings is 1. The molecule has 0 aliphatic carbocycles. The Morgan fingerprint density at radius 3 is 2.54 bits per heavy atom. The molecule has 2 heterocycles. The summed E-state index contributed by atoms with van der Waals surface area (Å²) in [4.78, 5) is 33.8. The highest BCUT2D eigenvalue weighted by atomic mass is 32.2. The Bertz CT molecular complexity index is 1140. The normalized spacial score (nSPS) is 14.4. The second-order valence-corrected chi connectivity index (χ2v) is 10.6. The van der Waals surface area contributed by atoms with Crippen molar-refractivity contribution >= 4 is 46.7 Å². The quantitative estimate of drug-likeness (QED) is 0.430. The van der Waals surface area contributed by atoms with Crippen LogP contribution in [0.1, 0.15) is 16.8 Å². The first-order valence-electron chi connectivity index (χ1n) is 11.7. The summed E-state index contributed by atoms with van der Waals surface area (Å²) in [5, 5.41) is 4.81. The first-order chi connectivity index (χ1) is 17.0. The van der Waals surface area contributed by atoms with Crippen LogP contribution < -0.4 is 5.32 Å². The van der Waals surface area contributed by atoms with E-state index in [0.29, 0.717) is 6.42 Å². The lowest BCUT2D eigenvalue weighted by molar-refractivity contribution is -0.132. The van der Waals surface area contributed by atoms with Gasteiger partial charge < -0.3 is 10.2 Å². The van der Waals surface area contributed by atoms with Gasteiger partial charge in [-0.25, -0.2) is 4.98 Å². The van der Waals surface area contributed by atoms with Crippen molar-refractivity contribution in [1.29, 1.82) is 0 Å².